The van der Waals surface area contributed by atoms with Crippen molar-refractivity contribution in [3.8, 4) is 28.4 Å². The molecule has 2 N–H and O–H groups in total. The Balaban J connectivity index is 1.85. The monoisotopic (exact) mass is 443 g/mol. The van der Waals surface area contributed by atoms with E-state index in [2.05, 4.69) is 38.2 Å². The van der Waals surface area contributed by atoms with Gasteiger partial charge >= 0.3 is 0 Å². The lowest BCUT2D eigenvalue weighted by Gasteiger charge is -2.35. The highest BCUT2D eigenvalue weighted by Gasteiger charge is 2.33. The van der Waals surface area contributed by atoms with Gasteiger partial charge in [-0.2, -0.15) is 0 Å². The molecule has 4 nitrogen and oxygen atoms in total. The number of hydrogen-bond donors (Lipinski definition) is 2. The molecule has 0 atom stereocenters. The highest BCUT2D eigenvalue weighted by Crippen LogP contribution is 2.54. The number of phenolic OH excluding ortho intramolecular Hbond substituents is 1. The summed E-state index contributed by atoms with van der Waals surface area (Å²) in [6.45, 7) is 8.28. The van der Waals surface area contributed by atoms with Crippen LogP contribution in [0.4, 0.5) is 10.1 Å². The smallest absolute Gasteiger partial charge is 0.172 e. The summed E-state index contributed by atoms with van der Waals surface area (Å²) < 4.78 is 26.0. The van der Waals surface area contributed by atoms with Gasteiger partial charge in [0.1, 0.15) is 17.3 Å². The van der Waals surface area contributed by atoms with Crippen LogP contribution in [-0.4, -0.2) is 17.8 Å². The molecule has 0 saturated heterocycles. The third kappa shape index (κ3) is 3.44. The van der Waals surface area contributed by atoms with Gasteiger partial charge in [0.15, 0.2) is 11.5 Å². The van der Waals surface area contributed by atoms with E-state index in [4.69, 9.17) is 9.47 Å². The van der Waals surface area contributed by atoms with Gasteiger partial charge in [-0.3, -0.25) is 0 Å². The van der Waals surface area contributed by atoms with Crippen LogP contribution in [0.1, 0.15) is 43.0 Å². The zero-order valence-corrected chi connectivity index (χ0v) is 19.3. The molecule has 2 aliphatic rings. The van der Waals surface area contributed by atoms with E-state index in [1.807, 2.05) is 19.1 Å². The molecule has 0 fully saturated rings. The first-order chi connectivity index (χ1) is 15.7. The highest BCUT2D eigenvalue weighted by atomic mass is 19.1. The highest BCUT2D eigenvalue weighted by molar-refractivity contribution is 6.02. The fourth-order valence-corrected chi connectivity index (χ4v) is 4.86. The number of benzene rings is 3. The number of phenols is 1. The summed E-state index contributed by atoms with van der Waals surface area (Å²) >= 11 is 0. The number of methoxy groups -OCH3 is 1. The Morgan fingerprint density at radius 3 is 2.58 bits per heavy atom. The zero-order chi connectivity index (χ0) is 23.5. The molecule has 0 amide bonds. The van der Waals surface area contributed by atoms with E-state index in [1.54, 1.807) is 18.2 Å². The van der Waals surface area contributed by atoms with Crippen molar-refractivity contribution in [2.45, 2.75) is 33.2 Å². The number of fused-ring (bicyclic) bond motifs is 5. The van der Waals surface area contributed by atoms with E-state index in [1.165, 1.54) is 19.2 Å². The molecule has 168 valence electrons. The van der Waals surface area contributed by atoms with Crippen molar-refractivity contribution in [1.29, 1.82) is 0 Å². The van der Waals surface area contributed by atoms with Crippen LogP contribution in [0.15, 0.2) is 48.5 Å². The van der Waals surface area contributed by atoms with Gasteiger partial charge in [0, 0.05) is 22.4 Å². The van der Waals surface area contributed by atoms with Gasteiger partial charge < -0.3 is 19.9 Å². The van der Waals surface area contributed by atoms with Crippen LogP contribution < -0.4 is 14.8 Å². The molecule has 0 bridgehead atoms. The molecule has 0 saturated carbocycles. The molecule has 3 aromatic rings. The number of aryl methyl sites for hydroxylation is 1. The molecule has 0 spiro atoms. The Bertz CT molecular complexity index is 1370. The van der Waals surface area contributed by atoms with Gasteiger partial charge in [-0.15, -0.1) is 0 Å². The number of aromatic hydroxyl groups is 1. The van der Waals surface area contributed by atoms with Crippen molar-refractivity contribution >= 4 is 23.1 Å². The number of ether oxygens (including phenoxy) is 2. The van der Waals surface area contributed by atoms with E-state index >= 15 is 0 Å². The Hall–Kier alpha value is -3.73. The number of hydrogen-bond acceptors (Lipinski definition) is 4. The normalized spacial score (nSPS) is 16.7. The Labute approximate surface area is 193 Å². The van der Waals surface area contributed by atoms with Crippen LogP contribution in [-0.2, 0) is 0 Å². The second-order valence-electron chi connectivity index (χ2n) is 9.19. The summed E-state index contributed by atoms with van der Waals surface area (Å²) in [4.78, 5) is 0. The molecule has 2 heterocycles. The van der Waals surface area contributed by atoms with E-state index < -0.39 is 0 Å². The molecular weight excluding hydrogens is 417 g/mol. The van der Waals surface area contributed by atoms with Crippen molar-refractivity contribution in [3.63, 3.8) is 0 Å². The third-order valence-electron chi connectivity index (χ3n) is 6.20. The maximum atomic E-state index is 14.1. The fourth-order valence-electron chi connectivity index (χ4n) is 4.86. The quantitative estimate of drug-likeness (QED) is 0.447. The lowest BCUT2D eigenvalue weighted by atomic mass is 9.82. The maximum Gasteiger partial charge on any atom is 0.172 e. The first-order valence-corrected chi connectivity index (χ1v) is 10.9. The second kappa shape index (κ2) is 7.41. The summed E-state index contributed by atoms with van der Waals surface area (Å²) in [6, 6.07) is 12.1. The Morgan fingerprint density at radius 1 is 1.03 bits per heavy atom. The average Bonchev–Trinajstić information content (AvgIpc) is 2.75. The summed E-state index contributed by atoms with van der Waals surface area (Å²) in [7, 11) is 1.53. The van der Waals surface area contributed by atoms with Crippen molar-refractivity contribution < 1.29 is 19.0 Å². The Kier molecular flexibility index (Phi) is 4.74. The lowest BCUT2D eigenvalue weighted by Crippen LogP contribution is -2.32. The van der Waals surface area contributed by atoms with E-state index in [0.29, 0.717) is 22.8 Å². The maximum absolute atomic E-state index is 14.1. The minimum absolute atomic E-state index is 0.0449. The first-order valence-electron chi connectivity index (χ1n) is 10.9. The SMILES string of the molecule is COc1c(O)ccc2c1-c1ccc3c(c1/C(=C/c1cc(F)ccc1C)O2)C(C)=CC(C)(C)N3. The molecule has 0 aromatic heterocycles. The number of nitrogens with one attached hydrogen (secondary N) is 1. The minimum Gasteiger partial charge on any atom is -0.504 e. The average molecular weight is 444 g/mol. The van der Waals surface area contributed by atoms with Crippen molar-refractivity contribution in [2.75, 3.05) is 12.4 Å². The number of allylic oxidation sites excluding steroid dienone is 1. The van der Waals surface area contributed by atoms with Gasteiger partial charge in [-0.1, -0.05) is 18.2 Å². The fraction of sp³-hybridized carbons (Fsp3) is 0.214. The third-order valence-corrected chi connectivity index (χ3v) is 6.20. The lowest BCUT2D eigenvalue weighted by molar-refractivity contribution is 0.371. The predicted octanol–water partition coefficient (Wildman–Crippen LogP) is 7.01. The van der Waals surface area contributed by atoms with Crippen LogP contribution in [0.2, 0.25) is 0 Å². The minimum atomic E-state index is -0.301. The van der Waals surface area contributed by atoms with Crippen LogP contribution >= 0.6 is 0 Å². The first kappa shape index (κ1) is 21.1. The van der Waals surface area contributed by atoms with Crippen LogP contribution in [0, 0.1) is 12.7 Å². The molecule has 0 radical (unpaired) electrons. The number of rotatable bonds is 2. The topological polar surface area (TPSA) is 50.7 Å². The molecule has 2 aliphatic heterocycles. The van der Waals surface area contributed by atoms with E-state index in [-0.39, 0.29) is 17.1 Å². The number of anilines is 1. The molecule has 33 heavy (non-hydrogen) atoms. The predicted molar refractivity (Wildman–Crippen MR) is 131 cm³/mol. The van der Waals surface area contributed by atoms with E-state index in [9.17, 15) is 9.50 Å². The van der Waals surface area contributed by atoms with Crippen molar-refractivity contribution in [3.05, 3.63) is 76.6 Å². The van der Waals surface area contributed by atoms with Crippen LogP contribution in [0.3, 0.4) is 0 Å². The summed E-state index contributed by atoms with van der Waals surface area (Å²) in [5.41, 5.74) is 7.07. The van der Waals surface area contributed by atoms with Crippen molar-refractivity contribution in [1.82, 2.24) is 0 Å². The van der Waals surface area contributed by atoms with Gasteiger partial charge in [-0.05, 0) is 80.8 Å². The van der Waals surface area contributed by atoms with Crippen molar-refractivity contribution in [2.24, 2.45) is 0 Å². The largest absolute Gasteiger partial charge is 0.504 e. The van der Waals surface area contributed by atoms with Gasteiger partial charge in [0.2, 0.25) is 0 Å². The molecular formula is C28H26FNO3. The van der Waals surface area contributed by atoms with Gasteiger partial charge in [0.25, 0.3) is 0 Å². The zero-order valence-electron chi connectivity index (χ0n) is 19.3. The number of halogens is 1. The van der Waals surface area contributed by atoms with Crippen LogP contribution in [0.5, 0.6) is 17.2 Å². The molecule has 0 unspecified atom stereocenters. The second-order valence-corrected chi connectivity index (χ2v) is 9.19. The van der Waals surface area contributed by atoms with Gasteiger partial charge in [0.05, 0.1) is 18.2 Å². The van der Waals surface area contributed by atoms with Crippen LogP contribution in [0.25, 0.3) is 28.5 Å². The summed E-state index contributed by atoms with van der Waals surface area (Å²) in [6.07, 6.45) is 4.07. The molecule has 5 rings (SSSR count). The summed E-state index contributed by atoms with van der Waals surface area (Å²) in [5, 5.41) is 14.0. The van der Waals surface area contributed by atoms with E-state index in [0.717, 1.165) is 39.1 Å². The summed E-state index contributed by atoms with van der Waals surface area (Å²) in [5.74, 6) is 1.29. The molecule has 3 aromatic carbocycles. The van der Waals surface area contributed by atoms with Gasteiger partial charge in [-0.25, -0.2) is 4.39 Å². The Morgan fingerprint density at radius 2 is 1.82 bits per heavy atom. The molecule has 0 aliphatic carbocycles. The standard InChI is InChI=1S/C28H26FNO3/c1-15-6-7-18(29)12-17(15)13-23-25-19(26-22(33-23)11-10-21(31)27(26)32-5)8-9-20-24(25)16(2)14-28(3,4)30-20/h6-14,30-31H,1-5H3/b23-13-. The molecule has 5 heteroatoms.